The van der Waals surface area contributed by atoms with E-state index in [0.29, 0.717) is 25.9 Å². The summed E-state index contributed by atoms with van der Waals surface area (Å²) in [5, 5.41) is 11.9. The van der Waals surface area contributed by atoms with E-state index in [1.807, 2.05) is 31.4 Å². The Morgan fingerprint density at radius 2 is 2.00 bits per heavy atom. The Kier molecular flexibility index (Phi) is 5.12. The van der Waals surface area contributed by atoms with Crippen LogP contribution in [0.3, 0.4) is 0 Å². The first-order valence-corrected chi connectivity index (χ1v) is 8.17. The predicted octanol–water partition coefficient (Wildman–Crippen LogP) is 3.05. The van der Waals surface area contributed by atoms with Gasteiger partial charge in [-0.25, -0.2) is 4.79 Å². The highest BCUT2D eigenvalue weighted by molar-refractivity contribution is 7.98. The maximum absolute atomic E-state index is 12.3. The molecule has 1 heterocycles. The van der Waals surface area contributed by atoms with E-state index in [-0.39, 0.29) is 11.9 Å². The second-order valence-electron chi connectivity index (χ2n) is 5.21. The third-order valence-corrected chi connectivity index (χ3v) is 4.54. The fourth-order valence-corrected chi connectivity index (χ4v) is 2.83. The largest absolute Gasteiger partial charge is 0.481 e. The van der Waals surface area contributed by atoms with Crippen molar-refractivity contribution in [1.29, 1.82) is 0 Å². The van der Waals surface area contributed by atoms with Gasteiger partial charge in [-0.1, -0.05) is 6.07 Å². The Labute approximate surface area is 128 Å². The molecule has 1 aliphatic heterocycles. The van der Waals surface area contributed by atoms with Crippen LogP contribution in [0.1, 0.15) is 18.4 Å². The van der Waals surface area contributed by atoms with E-state index in [1.165, 1.54) is 0 Å². The molecule has 0 radical (unpaired) electrons. The fraction of sp³-hybridized carbons (Fsp3) is 0.467. The molecule has 0 atom stereocenters. The summed E-state index contributed by atoms with van der Waals surface area (Å²) in [5.74, 6) is -1.09. The van der Waals surface area contributed by atoms with E-state index < -0.39 is 5.97 Å². The summed E-state index contributed by atoms with van der Waals surface area (Å²) < 4.78 is 0. The van der Waals surface area contributed by atoms with Crippen molar-refractivity contribution < 1.29 is 14.7 Å². The van der Waals surface area contributed by atoms with Crippen molar-refractivity contribution in [3.05, 3.63) is 23.8 Å². The molecule has 0 aromatic heterocycles. The van der Waals surface area contributed by atoms with Crippen molar-refractivity contribution >= 4 is 29.4 Å². The zero-order valence-corrected chi connectivity index (χ0v) is 13.1. The lowest BCUT2D eigenvalue weighted by Gasteiger charge is -2.30. The van der Waals surface area contributed by atoms with Gasteiger partial charge in [-0.2, -0.15) is 0 Å². The van der Waals surface area contributed by atoms with E-state index in [4.69, 9.17) is 5.11 Å². The van der Waals surface area contributed by atoms with Crippen molar-refractivity contribution in [2.45, 2.75) is 24.7 Å². The van der Waals surface area contributed by atoms with Crippen LogP contribution in [-0.2, 0) is 4.79 Å². The van der Waals surface area contributed by atoms with Gasteiger partial charge in [0, 0.05) is 23.7 Å². The number of benzene rings is 1. The summed E-state index contributed by atoms with van der Waals surface area (Å²) >= 11 is 1.63. The molecule has 6 heteroatoms. The molecule has 0 aliphatic carbocycles. The number of carboxylic acid groups (broad SMARTS) is 1. The Morgan fingerprint density at radius 1 is 1.33 bits per heavy atom. The SMILES string of the molecule is CSc1ccc(C)c(NC(=O)N2CCC(C(=O)O)CC2)c1. The van der Waals surface area contributed by atoms with Crippen LogP contribution in [-0.4, -0.2) is 41.4 Å². The molecule has 1 saturated heterocycles. The standard InChI is InChI=1S/C15H20N2O3S/c1-10-3-4-12(21-2)9-13(10)16-15(20)17-7-5-11(6-8-17)14(18)19/h3-4,9,11H,5-8H2,1-2H3,(H,16,20)(H,18,19). The second-order valence-corrected chi connectivity index (χ2v) is 6.09. The first-order valence-electron chi connectivity index (χ1n) is 6.94. The number of hydrogen-bond donors (Lipinski definition) is 2. The monoisotopic (exact) mass is 308 g/mol. The number of carbonyl (C=O) groups is 2. The number of nitrogens with zero attached hydrogens (tertiary/aromatic N) is 1. The van der Waals surface area contributed by atoms with Crippen molar-refractivity contribution in [2.24, 2.45) is 5.92 Å². The van der Waals surface area contributed by atoms with Crippen LogP contribution < -0.4 is 5.32 Å². The van der Waals surface area contributed by atoms with Gasteiger partial charge in [0.25, 0.3) is 0 Å². The number of rotatable bonds is 3. The summed E-state index contributed by atoms with van der Waals surface area (Å²) in [6, 6.07) is 5.81. The molecule has 1 aliphatic rings. The first-order chi connectivity index (χ1) is 10.0. The number of urea groups is 1. The number of carbonyl (C=O) groups excluding carboxylic acids is 1. The second kappa shape index (κ2) is 6.85. The van der Waals surface area contributed by atoms with E-state index in [1.54, 1.807) is 16.7 Å². The van der Waals surface area contributed by atoms with Gasteiger partial charge in [-0.05, 0) is 43.7 Å². The molecule has 0 spiro atoms. The van der Waals surface area contributed by atoms with Crippen molar-refractivity contribution in [2.75, 3.05) is 24.7 Å². The molecule has 2 N–H and O–H groups in total. The number of nitrogens with one attached hydrogen (secondary N) is 1. The van der Waals surface area contributed by atoms with E-state index in [2.05, 4.69) is 5.32 Å². The molecule has 1 fully saturated rings. The topological polar surface area (TPSA) is 69.6 Å². The number of likely N-dealkylation sites (tertiary alicyclic amines) is 1. The van der Waals surface area contributed by atoms with Crippen LogP contribution in [0.2, 0.25) is 0 Å². The Bertz CT molecular complexity index is 540. The molecule has 1 aromatic rings. The van der Waals surface area contributed by atoms with Crippen LogP contribution in [0.4, 0.5) is 10.5 Å². The number of amides is 2. The minimum Gasteiger partial charge on any atom is -0.481 e. The summed E-state index contributed by atoms with van der Waals surface area (Å²) in [7, 11) is 0. The predicted molar refractivity (Wildman–Crippen MR) is 83.9 cm³/mol. The molecule has 1 aromatic carbocycles. The van der Waals surface area contributed by atoms with E-state index in [9.17, 15) is 9.59 Å². The first kappa shape index (κ1) is 15.7. The van der Waals surface area contributed by atoms with Crippen LogP contribution in [0.5, 0.6) is 0 Å². The fourth-order valence-electron chi connectivity index (χ4n) is 2.39. The third-order valence-electron chi connectivity index (χ3n) is 3.82. The normalized spacial score (nSPS) is 15.8. The lowest BCUT2D eigenvalue weighted by atomic mass is 9.97. The number of piperidine rings is 1. The summed E-state index contributed by atoms with van der Waals surface area (Å²) in [5.41, 5.74) is 1.83. The molecule has 0 saturated carbocycles. The number of thioether (sulfide) groups is 1. The molecule has 0 bridgehead atoms. The number of aryl methyl sites for hydroxylation is 1. The van der Waals surface area contributed by atoms with Gasteiger partial charge >= 0.3 is 12.0 Å². The highest BCUT2D eigenvalue weighted by Crippen LogP contribution is 2.24. The minimum atomic E-state index is -0.765. The van der Waals surface area contributed by atoms with E-state index >= 15 is 0 Å². The molecule has 0 unspecified atom stereocenters. The quantitative estimate of drug-likeness (QED) is 0.842. The summed E-state index contributed by atoms with van der Waals surface area (Å²) in [6.45, 7) is 2.94. The minimum absolute atomic E-state index is 0.153. The van der Waals surface area contributed by atoms with Gasteiger partial charge in [-0.15, -0.1) is 11.8 Å². The maximum Gasteiger partial charge on any atom is 0.321 e. The smallest absolute Gasteiger partial charge is 0.321 e. The lowest BCUT2D eigenvalue weighted by molar-refractivity contribution is -0.143. The highest BCUT2D eigenvalue weighted by atomic mass is 32.2. The maximum atomic E-state index is 12.3. The Hall–Kier alpha value is -1.69. The average Bonchev–Trinajstić information content (AvgIpc) is 2.49. The molecule has 21 heavy (non-hydrogen) atoms. The molecular formula is C15H20N2O3S. The van der Waals surface area contributed by atoms with Gasteiger partial charge < -0.3 is 15.3 Å². The van der Waals surface area contributed by atoms with Crippen LogP contribution in [0.25, 0.3) is 0 Å². The summed E-state index contributed by atoms with van der Waals surface area (Å²) in [4.78, 5) is 26.0. The van der Waals surface area contributed by atoms with Gasteiger partial charge in [0.1, 0.15) is 0 Å². The number of aliphatic carboxylic acids is 1. The molecule has 5 nitrogen and oxygen atoms in total. The van der Waals surface area contributed by atoms with Crippen LogP contribution >= 0.6 is 11.8 Å². The van der Waals surface area contributed by atoms with Gasteiger partial charge in [0.2, 0.25) is 0 Å². The zero-order valence-electron chi connectivity index (χ0n) is 12.3. The Morgan fingerprint density at radius 3 is 2.57 bits per heavy atom. The molecule has 2 rings (SSSR count). The molecule has 114 valence electrons. The summed E-state index contributed by atoms with van der Waals surface area (Å²) in [6.07, 6.45) is 3.03. The lowest BCUT2D eigenvalue weighted by Crippen LogP contribution is -2.42. The van der Waals surface area contributed by atoms with E-state index in [0.717, 1.165) is 16.1 Å². The highest BCUT2D eigenvalue weighted by Gasteiger charge is 2.27. The van der Waals surface area contributed by atoms with Crippen molar-refractivity contribution in [1.82, 2.24) is 4.90 Å². The van der Waals surface area contributed by atoms with Crippen LogP contribution in [0, 0.1) is 12.8 Å². The number of carboxylic acids is 1. The number of anilines is 1. The van der Waals surface area contributed by atoms with Gasteiger partial charge in [0.15, 0.2) is 0 Å². The van der Waals surface area contributed by atoms with Gasteiger partial charge in [0.05, 0.1) is 5.92 Å². The zero-order chi connectivity index (χ0) is 15.4. The van der Waals surface area contributed by atoms with Crippen LogP contribution in [0.15, 0.2) is 23.1 Å². The number of hydrogen-bond acceptors (Lipinski definition) is 3. The molecular weight excluding hydrogens is 288 g/mol. The third kappa shape index (κ3) is 3.91. The average molecular weight is 308 g/mol. The van der Waals surface area contributed by atoms with Crippen molar-refractivity contribution in [3.8, 4) is 0 Å². The molecule has 2 amide bonds. The Balaban J connectivity index is 1.98. The van der Waals surface area contributed by atoms with Gasteiger partial charge in [-0.3, -0.25) is 4.79 Å². The van der Waals surface area contributed by atoms with Crippen molar-refractivity contribution in [3.63, 3.8) is 0 Å².